The molecule has 5 heteroatoms. The van der Waals surface area contributed by atoms with Gasteiger partial charge in [-0.05, 0) is 33.7 Å². The highest BCUT2D eigenvalue weighted by Gasteiger charge is 2.48. The van der Waals surface area contributed by atoms with Crippen molar-refractivity contribution in [1.29, 1.82) is 0 Å². The van der Waals surface area contributed by atoms with Crippen molar-refractivity contribution in [2.75, 3.05) is 13.1 Å². The third-order valence-electron chi connectivity index (χ3n) is 2.92. The van der Waals surface area contributed by atoms with E-state index in [0.29, 0.717) is 13.1 Å². The molecule has 0 spiro atoms. The van der Waals surface area contributed by atoms with Crippen molar-refractivity contribution in [2.45, 2.75) is 44.9 Å². The number of hydrogen-bond acceptors (Lipinski definition) is 2. The van der Waals surface area contributed by atoms with Crippen molar-refractivity contribution in [2.24, 2.45) is 11.7 Å². The Morgan fingerprint density at radius 3 is 2.20 bits per heavy atom. The van der Waals surface area contributed by atoms with Gasteiger partial charge in [0.25, 0.3) is 0 Å². The number of nitrogens with two attached hydrogens (primary N) is 1. The summed E-state index contributed by atoms with van der Waals surface area (Å²) in [6.45, 7) is 6.31. The molecule has 0 bridgehead atoms. The van der Waals surface area contributed by atoms with Crippen LogP contribution in [0, 0.1) is 5.92 Å². The lowest BCUT2D eigenvalue weighted by Gasteiger charge is -2.31. The summed E-state index contributed by atoms with van der Waals surface area (Å²) in [5.74, 6) is -1.19. The van der Waals surface area contributed by atoms with Crippen molar-refractivity contribution in [3.8, 4) is 0 Å². The topological polar surface area (TPSA) is 29.3 Å². The summed E-state index contributed by atoms with van der Waals surface area (Å²) in [7, 11) is 0. The zero-order valence-electron chi connectivity index (χ0n) is 9.43. The maximum absolute atomic E-state index is 12.6. The van der Waals surface area contributed by atoms with E-state index in [1.165, 1.54) is 0 Å². The van der Waals surface area contributed by atoms with Crippen molar-refractivity contribution in [3.05, 3.63) is 0 Å². The number of alkyl halides is 3. The van der Waals surface area contributed by atoms with Crippen LogP contribution in [0.25, 0.3) is 0 Å². The van der Waals surface area contributed by atoms with Crippen LogP contribution in [0.1, 0.15) is 27.2 Å². The fourth-order valence-electron chi connectivity index (χ4n) is 2.19. The minimum Gasteiger partial charge on any atom is -0.324 e. The molecule has 0 aliphatic carbocycles. The summed E-state index contributed by atoms with van der Waals surface area (Å²) in [5, 5.41) is 0. The summed E-state index contributed by atoms with van der Waals surface area (Å²) >= 11 is 0. The van der Waals surface area contributed by atoms with E-state index in [2.05, 4.69) is 0 Å². The highest BCUT2D eigenvalue weighted by molar-refractivity contribution is 4.91. The van der Waals surface area contributed by atoms with Crippen LogP contribution in [0.2, 0.25) is 0 Å². The highest BCUT2D eigenvalue weighted by atomic mass is 19.4. The van der Waals surface area contributed by atoms with Crippen LogP contribution in [0.4, 0.5) is 13.2 Å². The van der Waals surface area contributed by atoms with E-state index < -0.39 is 23.7 Å². The molecule has 2 N–H and O–H groups in total. The molecule has 90 valence electrons. The van der Waals surface area contributed by atoms with Gasteiger partial charge in [-0.3, -0.25) is 4.90 Å². The summed E-state index contributed by atoms with van der Waals surface area (Å²) in [4.78, 5) is 1.83. The predicted octanol–water partition coefficient (Wildman–Crippen LogP) is 2.00. The van der Waals surface area contributed by atoms with Crippen molar-refractivity contribution in [1.82, 2.24) is 4.90 Å². The van der Waals surface area contributed by atoms with Crippen molar-refractivity contribution < 1.29 is 13.2 Å². The number of rotatable bonds is 2. The van der Waals surface area contributed by atoms with Crippen LogP contribution < -0.4 is 5.73 Å². The first-order valence-electron chi connectivity index (χ1n) is 5.21. The minimum absolute atomic E-state index is 0.195. The van der Waals surface area contributed by atoms with E-state index in [-0.39, 0.29) is 6.42 Å². The molecule has 1 saturated heterocycles. The Morgan fingerprint density at radius 1 is 1.33 bits per heavy atom. The van der Waals surface area contributed by atoms with E-state index in [1.807, 2.05) is 18.7 Å². The Kier molecular flexibility index (Phi) is 3.36. The standard InChI is InChI=1S/C10H19F3N2/c1-7-8(10(11,12)13)4-5-15(7)6-9(2,3)14/h7-8H,4-6,14H2,1-3H3. The van der Waals surface area contributed by atoms with Gasteiger partial charge >= 0.3 is 6.18 Å². The SMILES string of the molecule is CC1C(C(F)(F)F)CCN1CC(C)(C)N. The second kappa shape index (κ2) is 3.94. The van der Waals surface area contributed by atoms with Gasteiger partial charge in [-0.1, -0.05) is 0 Å². The summed E-state index contributed by atoms with van der Waals surface area (Å²) < 4.78 is 37.7. The maximum atomic E-state index is 12.6. The van der Waals surface area contributed by atoms with E-state index in [4.69, 9.17) is 5.73 Å². The molecular formula is C10H19F3N2. The zero-order chi connectivity index (χ0) is 11.9. The molecule has 0 aromatic heterocycles. The van der Waals surface area contributed by atoms with Gasteiger partial charge in [0.15, 0.2) is 0 Å². The Hall–Kier alpha value is -0.290. The number of hydrogen-bond donors (Lipinski definition) is 1. The molecule has 0 saturated carbocycles. The number of halogens is 3. The molecule has 1 fully saturated rings. The van der Waals surface area contributed by atoms with Crippen molar-refractivity contribution >= 4 is 0 Å². The maximum Gasteiger partial charge on any atom is 0.393 e. The third-order valence-corrected chi connectivity index (χ3v) is 2.92. The van der Waals surface area contributed by atoms with Gasteiger partial charge in [-0.25, -0.2) is 0 Å². The van der Waals surface area contributed by atoms with Crippen LogP contribution in [0.15, 0.2) is 0 Å². The Bertz CT molecular complexity index is 220. The van der Waals surface area contributed by atoms with E-state index in [1.54, 1.807) is 6.92 Å². The van der Waals surface area contributed by atoms with E-state index in [0.717, 1.165) is 0 Å². The van der Waals surface area contributed by atoms with Gasteiger partial charge in [0, 0.05) is 18.1 Å². The summed E-state index contributed by atoms with van der Waals surface area (Å²) in [6.07, 6.45) is -3.88. The second-order valence-corrected chi connectivity index (χ2v) is 5.14. The smallest absolute Gasteiger partial charge is 0.324 e. The van der Waals surface area contributed by atoms with Gasteiger partial charge in [0.1, 0.15) is 0 Å². The van der Waals surface area contributed by atoms with Gasteiger partial charge in [0.05, 0.1) is 5.92 Å². The monoisotopic (exact) mass is 224 g/mol. The van der Waals surface area contributed by atoms with Gasteiger partial charge < -0.3 is 5.73 Å². The molecule has 0 amide bonds. The molecule has 1 heterocycles. The lowest BCUT2D eigenvalue weighted by Crippen LogP contribution is -2.48. The molecule has 1 rings (SSSR count). The van der Waals surface area contributed by atoms with Crippen LogP contribution in [-0.4, -0.2) is 35.7 Å². The number of nitrogens with zero attached hydrogens (tertiary/aromatic N) is 1. The fraction of sp³-hybridized carbons (Fsp3) is 1.00. The lowest BCUT2D eigenvalue weighted by atomic mass is 10.0. The van der Waals surface area contributed by atoms with Gasteiger partial charge in [-0.2, -0.15) is 13.2 Å². The molecule has 2 nitrogen and oxygen atoms in total. The summed E-state index contributed by atoms with van der Waals surface area (Å²) in [6, 6.07) is -0.451. The molecule has 1 aliphatic heterocycles. The zero-order valence-corrected chi connectivity index (χ0v) is 9.43. The first-order valence-corrected chi connectivity index (χ1v) is 5.21. The fourth-order valence-corrected chi connectivity index (χ4v) is 2.19. The van der Waals surface area contributed by atoms with E-state index in [9.17, 15) is 13.2 Å². The van der Waals surface area contributed by atoms with Gasteiger partial charge in [0.2, 0.25) is 0 Å². The lowest BCUT2D eigenvalue weighted by molar-refractivity contribution is -0.179. The van der Waals surface area contributed by atoms with Crippen LogP contribution in [0.3, 0.4) is 0 Å². The Morgan fingerprint density at radius 2 is 1.87 bits per heavy atom. The predicted molar refractivity (Wildman–Crippen MR) is 53.5 cm³/mol. The molecule has 0 aromatic carbocycles. The molecule has 0 aromatic rings. The highest BCUT2D eigenvalue weighted by Crippen LogP contribution is 2.38. The van der Waals surface area contributed by atoms with Crippen LogP contribution in [0.5, 0.6) is 0 Å². The quantitative estimate of drug-likeness (QED) is 0.777. The van der Waals surface area contributed by atoms with Crippen molar-refractivity contribution in [3.63, 3.8) is 0 Å². The molecule has 2 unspecified atom stereocenters. The third kappa shape index (κ3) is 3.34. The minimum atomic E-state index is -4.08. The van der Waals surface area contributed by atoms with Crippen LogP contribution in [-0.2, 0) is 0 Å². The molecule has 1 aliphatic rings. The van der Waals surface area contributed by atoms with Gasteiger partial charge in [-0.15, -0.1) is 0 Å². The van der Waals surface area contributed by atoms with E-state index >= 15 is 0 Å². The first kappa shape index (κ1) is 12.8. The Labute approximate surface area is 88.6 Å². The van der Waals surface area contributed by atoms with Crippen LogP contribution >= 0.6 is 0 Å². The molecule has 0 radical (unpaired) electrons. The average molecular weight is 224 g/mol. The normalized spacial score (nSPS) is 29.8. The molecule has 15 heavy (non-hydrogen) atoms. The summed E-state index contributed by atoms with van der Waals surface area (Å²) in [5.41, 5.74) is 5.37. The second-order valence-electron chi connectivity index (χ2n) is 5.14. The molecule has 2 atom stereocenters. The molecular weight excluding hydrogens is 205 g/mol. The first-order chi connectivity index (χ1) is 6.61. The number of likely N-dealkylation sites (tertiary alicyclic amines) is 1. The Balaban J connectivity index is 2.61. The average Bonchev–Trinajstić information content (AvgIpc) is 2.27. The largest absolute Gasteiger partial charge is 0.393 e.